The summed E-state index contributed by atoms with van der Waals surface area (Å²) in [6.07, 6.45) is 1.40. The SMILES string of the molecule is CN(c1ccccc1)c1ncnc(Cl)c1N. The van der Waals surface area contributed by atoms with Crippen LogP contribution in [0.15, 0.2) is 36.7 Å². The van der Waals surface area contributed by atoms with Crippen molar-refractivity contribution >= 4 is 28.8 Å². The van der Waals surface area contributed by atoms with Crippen LogP contribution in [0.1, 0.15) is 0 Å². The second-order valence-electron chi connectivity index (χ2n) is 3.30. The van der Waals surface area contributed by atoms with Crippen LogP contribution in [0.4, 0.5) is 17.2 Å². The van der Waals surface area contributed by atoms with Gasteiger partial charge in [-0.3, -0.25) is 0 Å². The van der Waals surface area contributed by atoms with Gasteiger partial charge in [0, 0.05) is 12.7 Å². The molecule has 2 aromatic rings. The highest BCUT2D eigenvalue weighted by Gasteiger charge is 2.11. The molecule has 0 saturated carbocycles. The van der Waals surface area contributed by atoms with Crippen molar-refractivity contribution < 1.29 is 0 Å². The normalized spacial score (nSPS) is 10.1. The summed E-state index contributed by atoms with van der Waals surface area (Å²) < 4.78 is 0. The maximum Gasteiger partial charge on any atom is 0.161 e. The van der Waals surface area contributed by atoms with Crippen LogP contribution in [0, 0.1) is 0 Å². The Morgan fingerprint density at radius 2 is 1.88 bits per heavy atom. The van der Waals surface area contributed by atoms with Crippen molar-refractivity contribution in [1.29, 1.82) is 0 Å². The van der Waals surface area contributed by atoms with Gasteiger partial charge < -0.3 is 10.6 Å². The minimum absolute atomic E-state index is 0.271. The molecule has 0 atom stereocenters. The first-order valence-electron chi connectivity index (χ1n) is 4.75. The predicted octanol–water partition coefficient (Wildman–Crippen LogP) is 2.48. The van der Waals surface area contributed by atoms with E-state index in [-0.39, 0.29) is 5.15 Å². The zero-order valence-electron chi connectivity index (χ0n) is 8.76. The molecule has 1 aromatic carbocycles. The lowest BCUT2D eigenvalue weighted by Crippen LogP contribution is -2.13. The number of rotatable bonds is 2. The summed E-state index contributed by atoms with van der Waals surface area (Å²) in [5.41, 5.74) is 7.20. The Hall–Kier alpha value is -1.81. The Labute approximate surface area is 98.7 Å². The van der Waals surface area contributed by atoms with Crippen molar-refractivity contribution in [3.8, 4) is 0 Å². The summed E-state index contributed by atoms with van der Waals surface area (Å²) in [6, 6.07) is 9.79. The molecule has 0 fully saturated rings. The van der Waals surface area contributed by atoms with E-state index < -0.39 is 0 Å². The third kappa shape index (κ3) is 1.92. The van der Waals surface area contributed by atoms with E-state index in [9.17, 15) is 0 Å². The highest BCUT2D eigenvalue weighted by Crippen LogP contribution is 2.29. The lowest BCUT2D eigenvalue weighted by molar-refractivity contribution is 1.08. The molecule has 82 valence electrons. The van der Waals surface area contributed by atoms with Crippen molar-refractivity contribution in [2.75, 3.05) is 17.7 Å². The molecule has 0 unspecified atom stereocenters. The fourth-order valence-electron chi connectivity index (χ4n) is 1.41. The Kier molecular flexibility index (Phi) is 2.92. The van der Waals surface area contributed by atoms with E-state index in [1.54, 1.807) is 0 Å². The molecular weight excluding hydrogens is 224 g/mol. The second kappa shape index (κ2) is 4.37. The van der Waals surface area contributed by atoms with E-state index in [1.807, 2.05) is 42.3 Å². The predicted molar refractivity (Wildman–Crippen MR) is 66.0 cm³/mol. The molecule has 16 heavy (non-hydrogen) atoms. The fraction of sp³-hybridized carbons (Fsp3) is 0.0909. The van der Waals surface area contributed by atoms with Gasteiger partial charge in [0.2, 0.25) is 0 Å². The van der Waals surface area contributed by atoms with Gasteiger partial charge in [-0.05, 0) is 12.1 Å². The molecule has 4 nitrogen and oxygen atoms in total. The van der Waals surface area contributed by atoms with E-state index >= 15 is 0 Å². The molecule has 2 N–H and O–H groups in total. The zero-order chi connectivity index (χ0) is 11.5. The summed E-state index contributed by atoms with van der Waals surface area (Å²) >= 11 is 5.84. The standard InChI is InChI=1S/C11H11ClN4/c1-16(8-5-3-2-4-6-8)11-9(13)10(12)14-7-15-11/h2-7H,13H2,1H3. The van der Waals surface area contributed by atoms with E-state index in [0.29, 0.717) is 11.5 Å². The molecule has 5 heteroatoms. The first-order valence-corrected chi connectivity index (χ1v) is 5.12. The van der Waals surface area contributed by atoms with Gasteiger partial charge in [-0.2, -0.15) is 0 Å². The van der Waals surface area contributed by atoms with Gasteiger partial charge in [0.25, 0.3) is 0 Å². The van der Waals surface area contributed by atoms with Crippen molar-refractivity contribution in [3.05, 3.63) is 41.8 Å². The average molecular weight is 235 g/mol. The van der Waals surface area contributed by atoms with Crippen LogP contribution >= 0.6 is 11.6 Å². The van der Waals surface area contributed by atoms with Gasteiger partial charge in [0.1, 0.15) is 12.0 Å². The lowest BCUT2D eigenvalue weighted by atomic mass is 10.3. The number of halogens is 1. The third-order valence-electron chi connectivity index (χ3n) is 2.28. The van der Waals surface area contributed by atoms with E-state index in [4.69, 9.17) is 17.3 Å². The minimum atomic E-state index is 0.271. The van der Waals surface area contributed by atoms with Gasteiger partial charge in [-0.25, -0.2) is 9.97 Å². The van der Waals surface area contributed by atoms with Gasteiger partial charge in [0.15, 0.2) is 11.0 Å². The van der Waals surface area contributed by atoms with Crippen molar-refractivity contribution in [2.45, 2.75) is 0 Å². The second-order valence-corrected chi connectivity index (χ2v) is 3.65. The minimum Gasteiger partial charge on any atom is -0.393 e. The highest BCUT2D eigenvalue weighted by molar-refractivity contribution is 6.32. The Morgan fingerprint density at radius 1 is 1.19 bits per heavy atom. The van der Waals surface area contributed by atoms with Gasteiger partial charge >= 0.3 is 0 Å². The Bertz CT molecular complexity index is 487. The molecule has 2 rings (SSSR count). The quantitative estimate of drug-likeness (QED) is 0.812. The number of hydrogen-bond donors (Lipinski definition) is 1. The number of hydrogen-bond acceptors (Lipinski definition) is 4. The molecule has 1 heterocycles. The third-order valence-corrected chi connectivity index (χ3v) is 2.58. The number of nitrogens with zero attached hydrogens (tertiary/aromatic N) is 3. The van der Waals surface area contributed by atoms with Gasteiger partial charge in [0.05, 0.1) is 0 Å². The van der Waals surface area contributed by atoms with Gasteiger partial charge in [-0.1, -0.05) is 29.8 Å². The maximum absolute atomic E-state index is 5.84. The molecule has 0 radical (unpaired) electrons. The molecule has 0 amide bonds. The van der Waals surface area contributed by atoms with E-state index in [0.717, 1.165) is 5.69 Å². The maximum atomic E-state index is 5.84. The van der Waals surface area contributed by atoms with Crippen LogP contribution in [0.2, 0.25) is 5.15 Å². The summed E-state index contributed by atoms with van der Waals surface area (Å²) in [5.74, 6) is 0.603. The van der Waals surface area contributed by atoms with Crippen LogP contribution in [0.5, 0.6) is 0 Å². The molecule has 0 bridgehead atoms. The summed E-state index contributed by atoms with van der Waals surface area (Å²) in [5, 5.41) is 0.271. The Balaban J connectivity index is 2.42. The van der Waals surface area contributed by atoms with Crippen LogP contribution in [-0.4, -0.2) is 17.0 Å². The number of anilines is 3. The molecular formula is C11H11ClN4. The van der Waals surface area contributed by atoms with Crippen LogP contribution in [0.25, 0.3) is 0 Å². The number of para-hydroxylation sites is 1. The van der Waals surface area contributed by atoms with Crippen molar-refractivity contribution in [1.82, 2.24) is 9.97 Å². The summed E-state index contributed by atoms with van der Waals surface area (Å²) in [7, 11) is 1.88. The topological polar surface area (TPSA) is 55.0 Å². The molecule has 0 aliphatic heterocycles. The van der Waals surface area contributed by atoms with Crippen LogP contribution in [-0.2, 0) is 0 Å². The summed E-state index contributed by atoms with van der Waals surface area (Å²) in [4.78, 5) is 9.80. The molecule has 0 saturated heterocycles. The smallest absolute Gasteiger partial charge is 0.161 e. The fourth-order valence-corrected chi connectivity index (χ4v) is 1.53. The first-order chi connectivity index (χ1) is 7.70. The molecule has 1 aromatic heterocycles. The van der Waals surface area contributed by atoms with Gasteiger partial charge in [-0.15, -0.1) is 0 Å². The van der Waals surface area contributed by atoms with Crippen molar-refractivity contribution in [2.24, 2.45) is 0 Å². The highest BCUT2D eigenvalue weighted by atomic mass is 35.5. The summed E-state index contributed by atoms with van der Waals surface area (Å²) in [6.45, 7) is 0. The molecule has 0 aliphatic rings. The van der Waals surface area contributed by atoms with Crippen LogP contribution in [0.3, 0.4) is 0 Å². The number of nitrogens with two attached hydrogens (primary N) is 1. The number of benzene rings is 1. The number of nitrogen functional groups attached to an aromatic ring is 1. The largest absolute Gasteiger partial charge is 0.393 e. The lowest BCUT2D eigenvalue weighted by Gasteiger charge is -2.19. The van der Waals surface area contributed by atoms with E-state index in [2.05, 4.69) is 9.97 Å². The zero-order valence-corrected chi connectivity index (χ0v) is 9.52. The molecule has 0 spiro atoms. The van der Waals surface area contributed by atoms with Crippen LogP contribution < -0.4 is 10.6 Å². The first kappa shape index (κ1) is 10.7. The van der Waals surface area contributed by atoms with E-state index in [1.165, 1.54) is 6.33 Å². The van der Waals surface area contributed by atoms with Crippen molar-refractivity contribution in [3.63, 3.8) is 0 Å². The Morgan fingerprint density at radius 3 is 2.56 bits per heavy atom. The molecule has 0 aliphatic carbocycles. The average Bonchev–Trinajstić information content (AvgIpc) is 2.33. The number of aromatic nitrogens is 2. The monoisotopic (exact) mass is 234 g/mol.